The number of aryl methyl sites for hydroxylation is 1. The Balaban J connectivity index is 1.30. The first-order chi connectivity index (χ1) is 16.6. The molecule has 0 atom stereocenters. The van der Waals surface area contributed by atoms with Gasteiger partial charge in [0.05, 0.1) is 17.4 Å². The number of aromatic nitrogens is 4. The van der Waals surface area contributed by atoms with E-state index in [0.717, 1.165) is 42.5 Å². The molecular formula is C25H26N6O3. The van der Waals surface area contributed by atoms with Gasteiger partial charge in [-0.3, -0.25) is 9.59 Å². The van der Waals surface area contributed by atoms with Gasteiger partial charge in [0.15, 0.2) is 0 Å². The van der Waals surface area contributed by atoms with Crippen molar-refractivity contribution in [2.45, 2.75) is 39.2 Å². The second-order valence-corrected chi connectivity index (χ2v) is 8.52. The first-order valence-corrected chi connectivity index (χ1v) is 11.5. The Kier molecular flexibility index (Phi) is 6.07. The lowest BCUT2D eigenvalue weighted by Gasteiger charge is -2.26. The van der Waals surface area contributed by atoms with Gasteiger partial charge in [-0.05, 0) is 55.7 Å². The van der Waals surface area contributed by atoms with Gasteiger partial charge in [-0.1, -0.05) is 11.2 Å². The topological polar surface area (TPSA) is 106 Å². The van der Waals surface area contributed by atoms with Gasteiger partial charge in [-0.2, -0.15) is 4.98 Å². The zero-order valence-electron chi connectivity index (χ0n) is 19.0. The number of hydrogen-bond acceptors (Lipinski definition) is 6. The Morgan fingerprint density at radius 3 is 2.74 bits per heavy atom. The molecule has 1 saturated heterocycles. The number of carbonyl (C=O) groups excluding carboxylic acids is 2. The van der Waals surface area contributed by atoms with E-state index >= 15 is 0 Å². The smallest absolute Gasteiger partial charge is 0.258 e. The Hall–Kier alpha value is -4.01. The maximum absolute atomic E-state index is 12.5. The highest BCUT2D eigenvalue weighted by Gasteiger charge is 2.17. The predicted octanol–water partition coefficient (Wildman–Crippen LogP) is 4.11. The van der Waals surface area contributed by atoms with Crippen molar-refractivity contribution >= 4 is 28.5 Å². The van der Waals surface area contributed by atoms with Crippen LogP contribution in [0.4, 0.5) is 5.69 Å². The molecule has 0 bridgehead atoms. The van der Waals surface area contributed by atoms with E-state index in [9.17, 15) is 9.59 Å². The van der Waals surface area contributed by atoms with Crippen molar-refractivity contribution in [3.63, 3.8) is 0 Å². The Morgan fingerprint density at radius 1 is 1.06 bits per heavy atom. The monoisotopic (exact) mass is 458 g/mol. The second-order valence-electron chi connectivity index (χ2n) is 8.52. The van der Waals surface area contributed by atoms with E-state index in [1.54, 1.807) is 18.5 Å². The first kappa shape index (κ1) is 21.8. The molecule has 9 nitrogen and oxygen atoms in total. The van der Waals surface area contributed by atoms with Crippen LogP contribution in [0.1, 0.15) is 32.6 Å². The Bertz CT molecular complexity index is 1340. The number of amides is 2. The lowest BCUT2D eigenvalue weighted by Crippen LogP contribution is -2.35. The summed E-state index contributed by atoms with van der Waals surface area (Å²) in [4.78, 5) is 34.8. The lowest BCUT2D eigenvalue weighted by molar-refractivity contribution is -0.132. The molecule has 2 aromatic carbocycles. The molecule has 5 rings (SSSR count). The van der Waals surface area contributed by atoms with Crippen molar-refractivity contribution in [2.24, 2.45) is 0 Å². The van der Waals surface area contributed by atoms with Crippen LogP contribution < -0.4 is 5.32 Å². The fourth-order valence-electron chi connectivity index (χ4n) is 4.29. The van der Waals surface area contributed by atoms with E-state index in [-0.39, 0.29) is 11.8 Å². The summed E-state index contributed by atoms with van der Waals surface area (Å²) in [5.41, 5.74) is 3.93. The highest BCUT2D eigenvalue weighted by atomic mass is 16.5. The van der Waals surface area contributed by atoms with E-state index in [1.165, 1.54) is 13.3 Å². The number of nitrogens with zero attached hydrogens (tertiary/aromatic N) is 5. The highest BCUT2D eigenvalue weighted by Crippen LogP contribution is 2.26. The summed E-state index contributed by atoms with van der Waals surface area (Å²) in [7, 11) is 0. The number of rotatable bonds is 6. The van der Waals surface area contributed by atoms with Crippen LogP contribution in [0, 0.1) is 0 Å². The summed E-state index contributed by atoms with van der Waals surface area (Å²) in [6, 6.07) is 13.1. The van der Waals surface area contributed by atoms with Gasteiger partial charge in [-0.25, -0.2) is 4.98 Å². The number of fused-ring (bicyclic) bond motifs is 1. The summed E-state index contributed by atoms with van der Waals surface area (Å²) in [6.45, 7) is 3.80. The predicted molar refractivity (Wildman–Crippen MR) is 128 cm³/mol. The second kappa shape index (κ2) is 9.46. The number of benzene rings is 2. The Labute approximate surface area is 196 Å². The molecule has 2 amide bonds. The first-order valence-electron chi connectivity index (χ1n) is 11.5. The molecule has 0 aliphatic carbocycles. The van der Waals surface area contributed by atoms with Crippen molar-refractivity contribution in [1.82, 2.24) is 24.6 Å². The van der Waals surface area contributed by atoms with E-state index in [0.29, 0.717) is 35.9 Å². The molecule has 0 unspecified atom stereocenters. The molecule has 3 heterocycles. The molecular weight excluding hydrogens is 432 g/mol. The third-order valence-corrected chi connectivity index (χ3v) is 6.01. The Morgan fingerprint density at radius 2 is 1.91 bits per heavy atom. The van der Waals surface area contributed by atoms with Crippen molar-refractivity contribution in [2.75, 3.05) is 18.4 Å². The largest absolute Gasteiger partial charge is 0.343 e. The van der Waals surface area contributed by atoms with Crippen LogP contribution in [-0.2, 0) is 16.1 Å². The fraction of sp³-hybridized carbons (Fsp3) is 0.320. The third kappa shape index (κ3) is 4.68. The number of likely N-dealkylation sites (tertiary alicyclic amines) is 1. The summed E-state index contributed by atoms with van der Waals surface area (Å²) in [6.07, 6.45) is 5.65. The van der Waals surface area contributed by atoms with Gasteiger partial charge in [0.1, 0.15) is 0 Å². The summed E-state index contributed by atoms with van der Waals surface area (Å²) < 4.78 is 7.47. The number of piperidine rings is 1. The van der Waals surface area contributed by atoms with Crippen LogP contribution in [-0.4, -0.2) is 49.5 Å². The van der Waals surface area contributed by atoms with Gasteiger partial charge >= 0.3 is 0 Å². The van der Waals surface area contributed by atoms with Gasteiger partial charge in [0.2, 0.25) is 17.6 Å². The van der Waals surface area contributed by atoms with Crippen LogP contribution in [0.25, 0.3) is 33.9 Å². The molecule has 0 radical (unpaired) electrons. The van der Waals surface area contributed by atoms with E-state index in [1.807, 2.05) is 39.8 Å². The zero-order chi connectivity index (χ0) is 23.5. The molecule has 1 fully saturated rings. The average Bonchev–Trinajstić information content (AvgIpc) is 3.50. The fourth-order valence-corrected chi connectivity index (χ4v) is 4.29. The van der Waals surface area contributed by atoms with Crippen LogP contribution in [0.2, 0.25) is 0 Å². The highest BCUT2D eigenvalue weighted by molar-refractivity contribution is 5.89. The molecule has 4 aromatic rings. The van der Waals surface area contributed by atoms with Gasteiger partial charge in [-0.15, -0.1) is 0 Å². The van der Waals surface area contributed by atoms with Crippen LogP contribution >= 0.6 is 0 Å². The van der Waals surface area contributed by atoms with Crippen LogP contribution in [0.15, 0.2) is 53.3 Å². The minimum Gasteiger partial charge on any atom is -0.343 e. The maximum atomic E-state index is 12.5. The standard InChI is InChI=1S/C25H26N6O3/c1-17(32)27-20-7-5-6-19(14-20)25-28-24(29-34-25)18-8-9-22-21(15-18)26-16-31(22)13-10-23(33)30-11-3-2-4-12-30/h5-9,14-16H,2-4,10-13H2,1H3,(H,27,32). The van der Waals surface area contributed by atoms with Gasteiger partial charge in [0.25, 0.3) is 5.89 Å². The summed E-state index contributed by atoms with van der Waals surface area (Å²) >= 11 is 0. The van der Waals surface area contributed by atoms with E-state index in [2.05, 4.69) is 20.4 Å². The molecule has 1 N–H and O–H groups in total. The number of imidazole rings is 1. The van der Waals surface area contributed by atoms with Crippen molar-refractivity contribution < 1.29 is 14.1 Å². The van der Waals surface area contributed by atoms with Gasteiger partial charge < -0.3 is 19.3 Å². The number of anilines is 1. The molecule has 0 spiro atoms. The third-order valence-electron chi connectivity index (χ3n) is 6.01. The SMILES string of the molecule is CC(=O)Nc1cccc(-c2nc(-c3ccc4c(c3)ncn4CCC(=O)N3CCCCC3)no2)c1. The molecule has 9 heteroatoms. The normalized spacial score (nSPS) is 13.9. The molecule has 1 aliphatic rings. The molecule has 2 aromatic heterocycles. The number of hydrogen-bond donors (Lipinski definition) is 1. The minimum atomic E-state index is -0.146. The van der Waals surface area contributed by atoms with Crippen LogP contribution in [0.5, 0.6) is 0 Å². The zero-order valence-corrected chi connectivity index (χ0v) is 19.0. The number of nitrogens with one attached hydrogen (secondary N) is 1. The van der Waals surface area contributed by atoms with Crippen LogP contribution in [0.3, 0.4) is 0 Å². The number of carbonyl (C=O) groups is 2. The maximum Gasteiger partial charge on any atom is 0.258 e. The summed E-state index contributed by atoms with van der Waals surface area (Å²) in [5, 5.41) is 6.87. The molecule has 1 aliphatic heterocycles. The summed E-state index contributed by atoms with van der Waals surface area (Å²) in [5.74, 6) is 0.882. The van der Waals surface area contributed by atoms with Crippen molar-refractivity contribution in [3.05, 3.63) is 48.8 Å². The van der Waals surface area contributed by atoms with Crippen molar-refractivity contribution in [1.29, 1.82) is 0 Å². The molecule has 0 saturated carbocycles. The molecule has 174 valence electrons. The van der Waals surface area contributed by atoms with Gasteiger partial charge in [0, 0.05) is 49.8 Å². The lowest BCUT2D eigenvalue weighted by atomic mass is 10.1. The molecule has 34 heavy (non-hydrogen) atoms. The quantitative estimate of drug-likeness (QED) is 0.466. The van der Waals surface area contributed by atoms with Crippen molar-refractivity contribution in [3.8, 4) is 22.8 Å². The minimum absolute atomic E-state index is 0.146. The van der Waals surface area contributed by atoms with E-state index < -0.39 is 0 Å². The average molecular weight is 459 g/mol. The van der Waals surface area contributed by atoms with E-state index in [4.69, 9.17) is 4.52 Å².